The number of sulfonamides is 1. The van der Waals surface area contributed by atoms with Crippen molar-refractivity contribution in [1.29, 1.82) is 0 Å². The summed E-state index contributed by atoms with van der Waals surface area (Å²) in [4.78, 5) is 11.4. The van der Waals surface area contributed by atoms with Crippen LogP contribution in [-0.4, -0.2) is 21.4 Å². The lowest BCUT2D eigenvalue weighted by Crippen LogP contribution is -2.26. The normalized spacial score (nSPS) is 12.7. The molecule has 0 unspecified atom stereocenters. The van der Waals surface area contributed by atoms with E-state index in [2.05, 4.69) is 10.0 Å². The van der Waals surface area contributed by atoms with Crippen LogP contribution in [0.2, 0.25) is 0 Å². The second kappa shape index (κ2) is 7.42. The maximum Gasteiger partial charge on any atom is 0.241 e. The number of nitrogens with one attached hydrogen (secondary N) is 2. The zero-order valence-electron chi connectivity index (χ0n) is 15.1. The van der Waals surface area contributed by atoms with E-state index < -0.39 is 16.1 Å². The van der Waals surface area contributed by atoms with Gasteiger partial charge in [0.25, 0.3) is 0 Å². The topological polar surface area (TPSA) is 97.6 Å². The average molecular weight is 388 g/mol. The molecule has 0 aliphatic heterocycles. The first-order valence-corrected chi connectivity index (χ1v) is 9.75. The van der Waals surface area contributed by atoms with Gasteiger partial charge in [0.1, 0.15) is 17.1 Å². The summed E-state index contributed by atoms with van der Waals surface area (Å²) in [6.07, 6.45) is 0. The molecule has 7 nitrogen and oxygen atoms in total. The van der Waals surface area contributed by atoms with E-state index in [0.29, 0.717) is 17.1 Å². The quantitative estimate of drug-likeness (QED) is 0.674. The number of furan rings is 1. The average Bonchev–Trinajstić information content (AvgIpc) is 3.05. The van der Waals surface area contributed by atoms with Crippen molar-refractivity contribution in [2.75, 3.05) is 12.4 Å². The summed E-state index contributed by atoms with van der Waals surface area (Å²) in [6, 6.07) is 12.9. The molecule has 1 aromatic heterocycles. The van der Waals surface area contributed by atoms with Gasteiger partial charge in [-0.2, -0.15) is 0 Å². The van der Waals surface area contributed by atoms with E-state index in [1.165, 1.54) is 32.2 Å². The molecule has 0 aliphatic carbocycles. The van der Waals surface area contributed by atoms with Gasteiger partial charge in [0.2, 0.25) is 15.9 Å². The van der Waals surface area contributed by atoms with Gasteiger partial charge in [0.05, 0.1) is 23.7 Å². The highest BCUT2D eigenvalue weighted by Gasteiger charge is 2.22. The highest BCUT2D eigenvalue weighted by Crippen LogP contribution is 2.29. The van der Waals surface area contributed by atoms with Crippen molar-refractivity contribution in [1.82, 2.24) is 4.72 Å². The number of methoxy groups -OCH3 is 1. The monoisotopic (exact) mass is 388 g/mol. The number of anilines is 1. The predicted molar refractivity (Wildman–Crippen MR) is 102 cm³/mol. The number of carbonyl (C=O) groups is 1. The Morgan fingerprint density at radius 3 is 2.56 bits per heavy atom. The van der Waals surface area contributed by atoms with E-state index in [0.717, 1.165) is 5.39 Å². The van der Waals surface area contributed by atoms with E-state index in [9.17, 15) is 13.2 Å². The van der Waals surface area contributed by atoms with Crippen molar-refractivity contribution in [2.45, 2.75) is 24.8 Å². The molecule has 8 heteroatoms. The maximum atomic E-state index is 12.8. The minimum atomic E-state index is -3.85. The first kappa shape index (κ1) is 18.9. The van der Waals surface area contributed by atoms with E-state index in [-0.39, 0.29) is 16.5 Å². The Morgan fingerprint density at radius 2 is 1.89 bits per heavy atom. The fraction of sp³-hybridized carbons (Fsp3) is 0.211. The molecule has 0 bridgehead atoms. The van der Waals surface area contributed by atoms with Gasteiger partial charge in [0, 0.05) is 12.3 Å². The molecule has 0 radical (unpaired) electrons. The zero-order valence-corrected chi connectivity index (χ0v) is 16.0. The molecule has 1 heterocycles. The predicted octanol–water partition coefficient (Wildman–Crippen LogP) is 3.44. The van der Waals surface area contributed by atoms with Gasteiger partial charge in [-0.15, -0.1) is 0 Å². The van der Waals surface area contributed by atoms with E-state index in [1.807, 2.05) is 24.3 Å². The van der Waals surface area contributed by atoms with Crippen LogP contribution in [0, 0.1) is 0 Å². The van der Waals surface area contributed by atoms with Crippen LogP contribution in [0.25, 0.3) is 11.0 Å². The fourth-order valence-corrected chi connectivity index (χ4v) is 3.95. The lowest BCUT2D eigenvalue weighted by molar-refractivity contribution is -0.114. The molecular weight excluding hydrogens is 368 g/mol. The molecule has 0 spiro atoms. The molecule has 2 N–H and O–H groups in total. The van der Waals surface area contributed by atoms with Crippen molar-refractivity contribution in [3.63, 3.8) is 0 Å². The summed E-state index contributed by atoms with van der Waals surface area (Å²) >= 11 is 0. The lowest BCUT2D eigenvalue weighted by atomic mass is 10.2. The number of rotatable bonds is 6. The highest BCUT2D eigenvalue weighted by atomic mass is 32.2. The summed E-state index contributed by atoms with van der Waals surface area (Å²) in [6.45, 7) is 3.04. The second-order valence-electron chi connectivity index (χ2n) is 6.07. The Balaban J connectivity index is 1.88. The smallest absolute Gasteiger partial charge is 0.241 e. The van der Waals surface area contributed by atoms with E-state index in [1.54, 1.807) is 13.0 Å². The van der Waals surface area contributed by atoms with Crippen LogP contribution in [0.1, 0.15) is 25.6 Å². The number of ether oxygens (including phenoxy) is 1. The van der Waals surface area contributed by atoms with Gasteiger partial charge in [-0.25, -0.2) is 13.1 Å². The largest absolute Gasteiger partial charge is 0.495 e. The van der Waals surface area contributed by atoms with Gasteiger partial charge in [-0.3, -0.25) is 4.79 Å². The first-order chi connectivity index (χ1) is 12.8. The highest BCUT2D eigenvalue weighted by molar-refractivity contribution is 7.89. The van der Waals surface area contributed by atoms with Crippen molar-refractivity contribution in [2.24, 2.45) is 0 Å². The second-order valence-corrected chi connectivity index (χ2v) is 7.79. The summed E-state index contributed by atoms with van der Waals surface area (Å²) in [5, 5.41) is 3.46. The molecule has 0 saturated carbocycles. The SMILES string of the molecule is COc1ccc(S(=O)(=O)N[C@H](C)c2cc3ccccc3o2)cc1NC(C)=O. The van der Waals surface area contributed by atoms with Crippen molar-refractivity contribution >= 4 is 32.6 Å². The summed E-state index contributed by atoms with van der Waals surface area (Å²) < 4.78 is 39.0. The minimum Gasteiger partial charge on any atom is -0.495 e. The third kappa shape index (κ3) is 4.12. The Morgan fingerprint density at radius 1 is 1.15 bits per heavy atom. The minimum absolute atomic E-state index is 0.00927. The zero-order chi connectivity index (χ0) is 19.6. The molecule has 0 fully saturated rings. The van der Waals surface area contributed by atoms with Crippen LogP contribution < -0.4 is 14.8 Å². The number of para-hydroxylation sites is 1. The van der Waals surface area contributed by atoms with E-state index in [4.69, 9.17) is 9.15 Å². The molecule has 1 amide bonds. The summed E-state index contributed by atoms with van der Waals surface area (Å²) in [5.41, 5.74) is 0.972. The number of hydrogen-bond donors (Lipinski definition) is 2. The lowest BCUT2D eigenvalue weighted by Gasteiger charge is -2.14. The fourth-order valence-electron chi connectivity index (χ4n) is 2.72. The molecule has 0 saturated heterocycles. The van der Waals surface area contributed by atoms with Crippen LogP contribution >= 0.6 is 0 Å². The van der Waals surface area contributed by atoms with Crippen molar-refractivity contribution in [3.8, 4) is 5.75 Å². The molecule has 0 aliphatic rings. The molecule has 27 heavy (non-hydrogen) atoms. The van der Waals surface area contributed by atoms with Crippen LogP contribution in [0.15, 0.2) is 57.8 Å². The summed E-state index contributed by atoms with van der Waals surface area (Å²) in [5.74, 6) is 0.552. The molecular formula is C19H20N2O5S. The standard InChI is InChI=1S/C19H20N2O5S/c1-12(19-10-14-6-4-5-7-17(14)26-19)21-27(23,24)15-8-9-18(25-3)16(11-15)20-13(2)22/h4-12,21H,1-3H3,(H,20,22)/t12-/m1/s1. The van der Waals surface area contributed by atoms with Crippen LogP contribution in [0.3, 0.4) is 0 Å². The van der Waals surface area contributed by atoms with Crippen molar-refractivity contribution in [3.05, 3.63) is 54.3 Å². The third-order valence-electron chi connectivity index (χ3n) is 4.00. The third-order valence-corrected chi connectivity index (χ3v) is 5.53. The number of fused-ring (bicyclic) bond motifs is 1. The molecule has 3 aromatic rings. The van der Waals surface area contributed by atoms with Gasteiger partial charge < -0.3 is 14.5 Å². The number of benzene rings is 2. The molecule has 142 valence electrons. The molecule has 2 aromatic carbocycles. The van der Waals surface area contributed by atoms with Crippen LogP contribution in [0.4, 0.5) is 5.69 Å². The Hall–Kier alpha value is -2.84. The number of hydrogen-bond acceptors (Lipinski definition) is 5. The Bertz CT molecular complexity index is 1060. The van der Waals surface area contributed by atoms with Crippen LogP contribution in [-0.2, 0) is 14.8 Å². The van der Waals surface area contributed by atoms with Crippen LogP contribution in [0.5, 0.6) is 5.75 Å². The van der Waals surface area contributed by atoms with Gasteiger partial charge in [0.15, 0.2) is 0 Å². The summed E-state index contributed by atoms with van der Waals surface area (Å²) in [7, 11) is -2.40. The Kier molecular flexibility index (Phi) is 5.20. The maximum absolute atomic E-state index is 12.8. The Labute approximate surface area is 157 Å². The van der Waals surface area contributed by atoms with Gasteiger partial charge in [-0.1, -0.05) is 18.2 Å². The van der Waals surface area contributed by atoms with Gasteiger partial charge >= 0.3 is 0 Å². The molecule has 1 atom stereocenters. The van der Waals surface area contributed by atoms with Crippen molar-refractivity contribution < 1.29 is 22.4 Å². The number of carbonyl (C=O) groups excluding carboxylic acids is 1. The first-order valence-electron chi connectivity index (χ1n) is 8.26. The molecule has 3 rings (SSSR count). The number of amides is 1. The van der Waals surface area contributed by atoms with Gasteiger partial charge in [-0.05, 0) is 37.3 Å². The van der Waals surface area contributed by atoms with E-state index >= 15 is 0 Å².